The number of halogens is 2. The molecule has 0 aliphatic rings. The van der Waals surface area contributed by atoms with Gasteiger partial charge in [-0.1, -0.05) is 29.3 Å². The maximum absolute atomic E-state index is 6.14. The quantitative estimate of drug-likeness (QED) is 0.753. The molecule has 0 aromatic heterocycles. The zero-order valence-electron chi connectivity index (χ0n) is 11.7. The Bertz CT molecular complexity index is 573. The van der Waals surface area contributed by atoms with Gasteiger partial charge in [0.15, 0.2) is 0 Å². The number of hydrogen-bond acceptors (Lipinski definition) is 3. The topological polar surface area (TPSA) is 30.5 Å². The molecule has 0 aliphatic heterocycles. The number of anilines is 1. The van der Waals surface area contributed by atoms with Crippen LogP contribution in [0.4, 0.5) is 5.69 Å². The highest BCUT2D eigenvalue weighted by Crippen LogP contribution is 2.22. The summed E-state index contributed by atoms with van der Waals surface area (Å²) in [5, 5.41) is 4.61. The fraction of sp³-hybridized carbons (Fsp3) is 0.250. The standard InChI is InChI=1S/C16H17Cl2NO2/c1-20-8-9-21-15-6-4-14(5-7-15)19-11-12-2-3-13(17)10-16(12)18/h2-7,10,19H,8-9,11H2,1H3. The first-order valence-corrected chi connectivity index (χ1v) is 7.34. The van der Waals surface area contributed by atoms with Crippen LogP contribution in [-0.2, 0) is 11.3 Å². The first-order chi connectivity index (χ1) is 10.2. The Morgan fingerprint density at radius 3 is 2.43 bits per heavy atom. The molecule has 21 heavy (non-hydrogen) atoms. The average Bonchev–Trinajstić information content (AvgIpc) is 2.48. The van der Waals surface area contributed by atoms with E-state index in [9.17, 15) is 0 Å². The summed E-state index contributed by atoms with van der Waals surface area (Å²) in [6.07, 6.45) is 0. The predicted octanol–water partition coefficient (Wildman–Crippen LogP) is 4.63. The van der Waals surface area contributed by atoms with Crippen LogP contribution in [0.2, 0.25) is 10.0 Å². The van der Waals surface area contributed by atoms with E-state index in [2.05, 4.69) is 5.32 Å². The molecule has 0 amide bonds. The molecule has 2 aromatic carbocycles. The van der Waals surface area contributed by atoms with E-state index in [0.29, 0.717) is 29.8 Å². The molecule has 0 saturated carbocycles. The Labute approximate surface area is 134 Å². The molecule has 1 N–H and O–H groups in total. The van der Waals surface area contributed by atoms with Gasteiger partial charge in [-0.15, -0.1) is 0 Å². The first kappa shape index (κ1) is 16.0. The third-order valence-corrected chi connectivity index (χ3v) is 3.50. The van der Waals surface area contributed by atoms with Crippen LogP contribution in [0.15, 0.2) is 42.5 Å². The minimum absolute atomic E-state index is 0.545. The summed E-state index contributed by atoms with van der Waals surface area (Å²) >= 11 is 12.0. The molecule has 0 unspecified atom stereocenters. The van der Waals surface area contributed by atoms with Crippen LogP contribution in [0.5, 0.6) is 5.75 Å². The van der Waals surface area contributed by atoms with Gasteiger partial charge in [0.25, 0.3) is 0 Å². The van der Waals surface area contributed by atoms with Crippen LogP contribution in [0.3, 0.4) is 0 Å². The molecule has 3 nitrogen and oxygen atoms in total. The molecule has 2 aromatic rings. The van der Waals surface area contributed by atoms with Gasteiger partial charge in [-0.05, 0) is 42.0 Å². The fourth-order valence-corrected chi connectivity index (χ4v) is 2.25. The lowest BCUT2D eigenvalue weighted by Crippen LogP contribution is -2.04. The number of ether oxygens (including phenoxy) is 2. The zero-order valence-corrected chi connectivity index (χ0v) is 13.2. The Hall–Kier alpha value is -1.42. The molecular weight excluding hydrogens is 309 g/mol. The van der Waals surface area contributed by atoms with Gasteiger partial charge in [-0.25, -0.2) is 0 Å². The summed E-state index contributed by atoms with van der Waals surface area (Å²) in [6, 6.07) is 13.3. The Morgan fingerprint density at radius 1 is 1.00 bits per heavy atom. The van der Waals surface area contributed by atoms with E-state index >= 15 is 0 Å². The highest BCUT2D eigenvalue weighted by molar-refractivity contribution is 6.35. The normalized spacial score (nSPS) is 10.4. The second-order valence-electron chi connectivity index (χ2n) is 4.45. The van der Waals surface area contributed by atoms with Crippen LogP contribution in [-0.4, -0.2) is 20.3 Å². The van der Waals surface area contributed by atoms with Crippen LogP contribution in [0, 0.1) is 0 Å². The lowest BCUT2D eigenvalue weighted by molar-refractivity contribution is 0.146. The molecule has 5 heteroatoms. The van der Waals surface area contributed by atoms with Gasteiger partial charge in [0.1, 0.15) is 12.4 Å². The van der Waals surface area contributed by atoms with Gasteiger partial charge in [0, 0.05) is 29.4 Å². The molecule has 0 aliphatic carbocycles. The third-order valence-electron chi connectivity index (χ3n) is 2.91. The molecule has 0 radical (unpaired) electrons. The number of hydrogen-bond donors (Lipinski definition) is 1. The molecule has 2 rings (SSSR count). The molecule has 0 bridgehead atoms. The summed E-state index contributed by atoms with van der Waals surface area (Å²) in [6.45, 7) is 1.76. The number of nitrogens with one attached hydrogen (secondary N) is 1. The SMILES string of the molecule is COCCOc1ccc(NCc2ccc(Cl)cc2Cl)cc1. The summed E-state index contributed by atoms with van der Waals surface area (Å²) in [5.41, 5.74) is 2.00. The van der Waals surface area contributed by atoms with E-state index < -0.39 is 0 Å². The Kier molecular flexibility index (Phi) is 6.18. The van der Waals surface area contributed by atoms with E-state index in [4.69, 9.17) is 32.7 Å². The zero-order chi connectivity index (χ0) is 15.1. The van der Waals surface area contributed by atoms with E-state index in [1.165, 1.54) is 0 Å². The van der Waals surface area contributed by atoms with Crippen molar-refractivity contribution in [3.63, 3.8) is 0 Å². The van der Waals surface area contributed by atoms with Gasteiger partial charge in [0.2, 0.25) is 0 Å². The first-order valence-electron chi connectivity index (χ1n) is 6.58. The monoisotopic (exact) mass is 325 g/mol. The van der Waals surface area contributed by atoms with Gasteiger partial charge in [-0.2, -0.15) is 0 Å². The van der Waals surface area contributed by atoms with Gasteiger partial charge in [0.05, 0.1) is 6.61 Å². The third kappa shape index (κ3) is 5.12. The molecule has 0 saturated heterocycles. The number of methoxy groups -OCH3 is 1. The van der Waals surface area contributed by atoms with E-state index in [1.54, 1.807) is 13.2 Å². The minimum atomic E-state index is 0.545. The Balaban J connectivity index is 1.88. The number of rotatable bonds is 7. The van der Waals surface area contributed by atoms with Crippen LogP contribution in [0.25, 0.3) is 0 Å². The summed E-state index contributed by atoms with van der Waals surface area (Å²) in [4.78, 5) is 0. The van der Waals surface area contributed by atoms with Gasteiger partial charge >= 0.3 is 0 Å². The van der Waals surface area contributed by atoms with Crippen molar-refractivity contribution in [3.05, 3.63) is 58.1 Å². The molecule has 112 valence electrons. The van der Waals surface area contributed by atoms with Gasteiger partial charge in [-0.3, -0.25) is 0 Å². The lowest BCUT2D eigenvalue weighted by atomic mass is 10.2. The van der Waals surface area contributed by atoms with E-state index in [1.807, 2.05) is 36.4 Å². The van der Waals surface area contributed by atoms with Crippen molar-refractivity contribution in [1.29, 1.82) is 0 Å². The van der Waals surface area contributed by atoms with Crippen molar-refractivity contribution < 1.29 is 9.47 Å². The predicted molar refractivity (Wildman–Crippen MR) is 87.6 cm³/mol. The number of benzene rings is 2. The molecule has 0 fully saturated rings. The lowest BCUT2D eigenvalue weighted by Gasteiger charge is -2.10. The van der Waals surface area contributed by atoms with Crippen molar-refractivity contribution in [2.45, 2.75) is 6.54 Å². The van der Waals surface area contributed by atoms with Crippen molar-refractivity contribution >= 4 is 28.9 Å². The van der Waals surface area contributed by atoms with Crippen molar-refractivity contribution in [3.8, 4) is 5.75 Å². The van der Waals surface area contributed by atoms with E-state index in [-0.39, 0.29) is 0 Å². The second-order valence-corrected chi connectivity index (χ2v) is 5.30. The molecule has 0 spiro atoms. The molecular formula is C16H17Cl2NO2. The minimum Gasteiger partial charge on any atom is -0.491 e. The maximum Gasteiger partial charge on any atom is 0.119 e. The Morgan fingerprint density at radius 2 is 1.76 bits per heavy atom. The highest BCUT2D eigenvalue weighted by atomic mass is 35.5. The van der Waals surface area contributed by atoms with Crippen LogP contribution in [0.1, 0.15) is 5.56 Å². The summed E-state index contributed by atoms with van der Waals surface area (Å²) in [5.74, 6) is 0.821. The average molecular weight is 326 g/mol. The fourth-order valence-electron chi connectivity index (χ4n) is 1.77. The van der Waals surface area contributed by atoms with Crippen molar-refractivity contribution in [2.24, 2.45) is 0 Å². The molecule has 0 atom stereocenters. The van der Waals surface area contributed by atoms with Crippen LogP contribution >= 0.6 is 23.2 Å². The second kappa shape index (κ2) is 8.13. The smallest absolute Gasteiger partial charge is 0.119 e. The van der Waals surface area contributed by atoms with E-state index in [0.717, 1.165) is 17.0 Å². The highest BCUT2D eigenvalue weighted by Gasteiger charge is 2.01. The molecule has 0 heterocycles. The van der Waals surface area contributed by atoms with Crippen LogP contribution < -0.4 is 10.1 Å². The van der Waals surface area contributed by atoms with Crippen molar-refractivity contribution in [2.75, 3.05) is 25.6 Å². The van der Waals surface area contributed by atoms with Gasteiger partial charge < -0.3 is 14.8 Å². The largest absolute Gasteiger partial charge is 0.491 e. The maximum atomic E-state index is 6.14. The van der Waals surface area contributed by atoms with Crippen molar-refractivity contribution in [1.82, 2.24) is 0 Å². The summed E-state index contributed by atoms with van der Waals surface area (Å²) in [7, 11) is 1.65. The summed E-state index contributed by atoms with van der Waals surface area (Å²) < 4.78 is 10.4.